The quantitative estimate of drug-likeness (QED) is 0.298. The van der Waals surface area contributed by atoms with Crippen molar-refractivity contribution < 1.29 is 18.3 Å². The lowest BCUT2D eigenvalue weighted by Gasteiger charge is -2.39. The third-order valence-corrected chi connectivity index (χ3v) is 13.9. The zero-order valence-corrected chi connectivity index (χ0v) is 25.0. The van der Waals surface area contributed by atoms with E-state index < -0.39 is 28.6 Å². The second kappa shape index (κ2) is 12.6. The van der Waals surface area contributed by atoms with E-state index in [9.17, 15) is 9.59 Å². The second-order valence-electron chi connectivity index (χ2n) is 11.5. The van der Waals surface area contributed by atoms with E-state index in [-0.39, 0.29) is 28.9 Å². The third kappa shape index (κ3) is 8.59. The highest BCUT2D eigenvalue weighted by atomic mass is 31.2. The SMILES string of the molecule is CO[P@@](OC(C)CCNC(C)C)OC1CC(n2cc(C)c(=O)[nH]c2=O)OC1C[Si](C)(C)C(C)(C)C. The topological polar surface area (TPSA) is 104 Å². The van der Waals surface area contributed by atoms with Crippen LogP contribution in [-0.2, 0) is 18.3 Å². The molecule has 0 saturated carbocycles. The first-order valence-corrected chi connectivity index (χ1v) is 16.8. The molecular weight excluding hydrogens is 485 g/mol. The first-order chi connectivity index (χ1) is 16.1. The lowest BCUT2D eigenvalue weighted by Crippen LogP contribution is -2.42. The Morgan fingerprint density at radius 1 is 1.29 bits per heavy atom. The Morgan fingerprint density at radius 2 is 1.94 bits per heavy atom. The number of aromatic nitrogens is 2. The monoisotopic (exact) mass is 531 g/mol. The summed E-state index contributed by atoms with van der Waals surface area (Å²) in [5, 5.41) is 3.57. The molecule has 2 heterocycles. The van der Waals surface area contributed by atoms with E-state index in [1.807, 2.05) is 6.92 Å². The minimum Gasteiger partial charge on any atom is -0.352 e. The maximum atomic E-state index is 12.6. The number of aromatic amines is 1. The average Bonchev–Trinajstić information content (AvgIpc) is 3.10. The third-order valence-electron chi connectivity index (χ3n) is 7.12. The summed E-state index contributed by atoms with van der Waals surface area (Å²) in [4.78, 5) is 26.8. The van der Waals surface area contributed by atoms with Crippen molar-refractivity contribution in [3.05, 3.63) is 32.6 Å². The van der Waals surface area contributed by atoms with Gasteiger partial charge in [0.1, 0.15) is 6.23 Å². The zero-order chi connectivity index (χ0) is 26.6. The number of rotatable bonds is 12. The molecule has 202 valence electrons. The molecule has 9 nitrogen and oxygen atoms in total. The van der Waals surface area contributed by atoms with E-state index in [2.05, 4.69) is 58.0 Å². The van der Waals surface area contributed by atoms with Gasteiger partial charge < -0.3 is 23.6 Å². The van der Waals surface area contributed by atoms with Crippen LogP contribution < -0.4 is 16.6 Å². The first-order valence-electron chi connectivity index (χ1n) is 12.5. The molecule has 1 aliphatic rings. The van der Waals surface area contributed by atoms with Crippen molar-refractivity contribution in [2.24, 2.45) is 0 Å². The summed E-state index contributed by atoms with van der Waals surface area (Å²) in [5.74, 6) is 0. The minimum atomic E-state index is -1.73. The van der Waals surface area contributed by atoms with Gasteiger partial charge in [0, 0.05) is 31.3 Å². The molecule has 2 N–H and O–H groups in total. The maximum absolute atomic E-state index is 12.6. The van der Waals surface area contributed by atoms with Crippen molar-refractivity contribution >= 4 is 16.7 Å². The summed E-state index contributed by atoms with van der Waals surface area (Å²) in [6, 6.07) is 1.29. The van der Waals surface area contributed by atoms with Crippen molar-refractivity contribution in [2.45, 2.75) is 116 Å². The zero-order valence-electron chi connectivity index (χ0n) is 23.1. The predicted molar refractivity (Wildman–Crippen MR) is 144 cm³/mol. The van der Waals surface area contributed by atoms with Crippen molar-refractivity contribution in [3.63, 3.8) is 0 Å². The molecule has 35 heavy (non-hydrogen) atoms. The van der Waals surface area contributed by atoms with Gasteiger partial charge in [0.05, 0.1) is 26.4 Å². The van der Waals surface area contributed by atoms with Crippen LogP contribution in [0.2, 0.25) is 24.2 Å². The summed E-state index contributed by atoms with van der Waals surface area (Å²) in [6.45, 7) is 20.3. The second-order valence-corrected chi connectivity index (χ2v) is 18.5. The van der Waals surface area contributed by atoms with Crippen LogP contribution in [0.25, 0.3) is 0 Å². The molecule has 5 atom stereocenters. The first kappa shape index (κ1) is 30.4. The van der Waals surface area contributed by atoms with Crippen LogP contribution in [0.1, 0.15) is 66.2 Å². The van der Waals surface area contributed by atoms with E-state index in [0.717, 1.165) is 19.0 Å². The van der Waals surface area contributed by atoms with Gasteiger partial charge in [0.2, 0.25) is 0 Å². The Morgan fingerprint density at radius 3 is 2.51 bits per heavy atom. The molecule has 11 heteroatoms. The van der Waals surface area contributed by atoms with Crippen LogP contribution in [0.3, 0.4) is 0 Å². The fraction of sp³-hybridized carbons (Fsp3) is 0.833. The van der Waals surface area contributed by atoms with E-state index in [0.29, 0.717) is 18.0 Å². The fourth-order valence-electron chi connectivity index (χ4n) is 3.77. The maximum Gasteiger partial charge on any atom is 0.333 e. The van der Waals surface area contributed by atoms with Gasteiger partial charge in [-0.3, -0.25) is 14.3 Å². The number of hydrogen-bond donors (Lipinski definition) is 2. The Labute approximate surface area is 212 Å². The highest BCUT2D eigenvalue weighted by molar-refractivity contribution is 7.41. The molecule has 0 aromatic carbocycles. The summed E-state index contributed by atoms with van der Waals surface area (Å²) in [7, 11) is -1.72. The summed E-state index contributed by atoms with van der Waals surface area (Å²) >= 11 is 0. The molecule has 4 unspecified atom stereocenters. The molecule has 2 rings (SSSR count). The van der Waals surface area contributed by atoms with Crippen LogP contribution in [0.15, 0.2) is 15.8 Å². The molecule has 0 aliphatic carbocycles. The molecule has 1 aromatic rings. The van der Waals surface area contributed by atoms with Gasteiger partial charge in [-0.15, -0.1) is 0 Å². The molecule has 1 fully saturated rings. The number of nitrogens with one attached hydrogen (secondary N) is 2. The van der Waals surface area contributed by atoms with E-state index in [1.165, 1.54) is 4.57 Å². The molecule has 1 saturated heterocycles. The van der Waals surface area contributed by atoms with E-state index >= 15 is 0 Å². The summed E-state index contributed by atoms with van der Waals surface area (Å²) in [6.07, 6.45) is 1.82. The summed E-state index contributed by atoms with van der Waals surface area (Å²) in [5.41, 5.74) is -0.397. The van der Waals surface area contributed by atoms with Crippen molar-refractivity contribution in [1.82, 2.24) is 14.9 Å². The van der Waals surface area contributed by atoms with Crippen LogP contribution in [0.5, 0.6) is 0 Å². The molecule has 1 aliphatic heterocycles. The molecule has 0 spiro atoms. The smallest absolute Gasteiger partial charge is 0.333 e. The molecule has 1 aromatic heterocycles. The fourth-order valence-corrected chi connectivity index (χ4v) is 6.81. The lowest BCUT2D eigenvalue weighted by molar-refractivity contribution is -0.0113. The highest BCUT2D eigenvalue weighted by Gasteiger charge is 2.46. The lowest BCUT2D eigenvalue weighted by atomic mass is 10.2. The van der Waals surface area contributed by atoms with Crippen LogP contribution >= 0.6 is 8.60 Å². The molecule has 0 bridgehead atoms. The number of aryl methyl sites for hydroxylation is 1. The highest BCUT2D eigenvalue weighted by Crippen LogP contribution is 2.49. The van der Waals surface area contributed by atoms with Crippen LogP contribution in [-0.4, -0.2) is 55.6 Å². The van der Waals surface area contributed by atoms with Crippen molar-refractivity contribution in [1.29, 1.82) is 0 Å². The van der Waals surface area contributed by atoms with Gasteiger partial charge in [-0.05, 0) is 37.9 Å². The van der Waals surface area contributed by atoms with Crippen molar-refractivity contribution in [3.8, 4) is 0 Å². The Kier molecular flexibility index (Phi) is 10.9. The number of hydrogen-bond acceptors (Lipinski definition) is 7. The predicted octanol–water partition coefficient (Wildman–Crippen LogP) is 4.69. The standard InChI is InChI=1S/C24H46N3O6PSi/c1-16(2)25-12-11-18(4)32-34(30-8)33-19-13-21(27-14-17(3)22(28)26-23(27)29)31-20(19)15-35(9,10)24(5,6)7/h14,16,18-21,25H,11-13,15H2,1-10H3,(H,26,28,29)/t18?,19?,20?,21?,34-/m0/s1. The normalized spacial score (nSPS) is 23.1. The van der Waals surface area contributed by atoms with Gasteiger partial charge in [0.15, 0.2) is 0 Å². The van der Waals surface area contributed by atoms with Gasteiger partial charge in [-0.1, -0.05) is 47.7 Å². The number of ether oxygens (including phenoxy) is 1. The van der Waals surface area contributed by atoms with Gasteiger partial charge in [-0.2, -0.15) is 0 Å². The molecular formula is C24H46N3O6PSi. The van der Waals surface area contributed by atoms with Crippen molar-refractivity contribution in [2.75, 3.05) is 13.7 Å². The molecule has 0 amide bonds. The Balaban J connectivity index is 2.21. The number of H-pyrrole nitrogens is 1. The average molecular weight is 532 g/mol. The van der Waals surface area contributed by atoms with Crippen LogP contribution in [0.4, 0.5) is 0 Å². The van der Waals surface area contributed by atoms with Gasteiger partial charge in [0.25, 0.3) is 5.56 Å². The minimum absolute atomic E-state index is 0.0336. The Bertz CT molecular complexity index is 929. The van der Waals surface area contributed by atoms with Gasteiger partial charge in [-0.25, -0.2) is 4.79 Å². The molecule has 0 radical (unpaired) electrons. The van der Waals surface area contributed by atoms with E-state index in [1.54, 1.807) is 20.2 Å². The largest absolute Gasteiger partial charge is 0.352 e. The van der Waals surface area contributed by atoms with Crippen LogP contribution in [0, 0.1) is 6.92 Å². The summed E-state index contributed by atoms with van der Waals surface area (Å²) < 4.78 is 26.0. The number of nitrogens with zero attached hydrogens (tertiary/aromatic N) is 1. The Hall–Kier alpha value is -0.873. The van der Waals surface area contributed by atoms with Gasteiger partial charge >= 0.3 is 14.3 Å². The van der Waals surface area contributed by atoms with E-state index in [4.69, 9.17) is 18.3 Å².